The monoisotopic (exact) mass is 378 g/mol. The lowest BCUT2D eigenvalue weighted by Gasteiger charge is -2.42. The van der Waals surface area contributed by atoms with Gasteiger partial charge in [0.1, 0.15) is 11.3 Å². The normalized spacial score (nSPS) is 18.3. The average Bonchev–Trinajstić information content (AvgIpc) is 3.07. The van der Waals surface area contributed by atoms with Crippen LogP contribution in [0.2, 0.25) is 0 Å². The van der Waals surface area contributed by atoms with Gasteiger partial charge in [0, 0.05) is 0 Å². The number of hydrogen-bond acceptors (Lipinski definition) is 2. The number of allylic oxidation sites excluding steroid dienone is 3. The van der Waals surface area contributed by atoms with Gasteiger partial charge in [-0.2, -0.15) is 0 Å². The Hall–Kier alpha value is -2.55. The van der Waals surface area contributed by atoms with Crippen molar-refractivity contribution in [3.05, 3.63) is 70.2 Å². The fraction of sp³-hybridized carbons (Fsp3) is 0.400. The maximum atomic E-state index is 11.2. The Morgan fingerprint density at radius 3 is 2.29 bits per heavy atom. The van der Waals surface area contributed by atoms with Crippen molar-refractivity contribution in [1.29, 1.82) is 0 Å². The number of aryl methyl sites for hydroxylation is 1. The van der Waals surface area contributed by atoms with Crippen LogP contribution in [0.25, 0.3) is 11.6 Å². The minimum Gasteiger partial charge on any atom is -0.478 e. The van der Waals surface area contributed by atoms with Gasteiger partial charge in [-0.15, -0.1) is 0 Å². The molecule has 0 bridgehead atoms. The van der Waals surface area contributed by atoms with Crippen LogP contribution < -0.4 is 0 Å². The van der Waals surface area contributed by atoms with E-state index < -0.39 is 5.97 Å². The van der Waals surface area contributed by atoms with Crippen LogP contribution in [-0.2, 0) is 10.8 Å². The Bertz CT molecular complexity index is 968. The van der Waals surface area contributed by atoms with Crippen molar-refractivity contribution in [2.24, 2.45) is 0 Å². The molecular formula is C25H30O3. The summed E-state index contributed by atoms with van der Waals surface area (Å²) >= 11 is 0. The summed E-state index contributed by atoms with van der Waals surface area (Å²) < 4.78 is 5.26. The highest BCUT2D eigenvalue weighted by atomic mass is 16.4. The first-order valence-corrected chi connectivity index (χ1v) is 9.85. The van der Waals surface area contributed by atoms with Crippen LogP contribution in [0.3, 0.4) is 0 Å². The zero-order valence-electron chi connectivity index (χ0n) is 17.7. The number of rotatable bonds is 4. The molecule has 3 nitrogen and oxygen atoms in total. The van der Waals surface area contributed by atoms with Crippen LogP contribution in [0.4, 0.5) is 0 Å². The summed E-state index contributed by atoms with van der Waals surface area (Å²) in [7, 11) is 0. The number of carbonyl (C=O) groups is 1. The van der Waals surface area contributed by atoms with E-state index >= 15 is 0 Å². The number of hydrogen-bond donors (Lipinski definition) is 1. The molecule has 1 aliphatic carbocycles. The topological polar surface area (TPSA) is 50.4 Å². The van der Waals surface area contributed by atoms with Crippen LogP contribution in [0.15, 0.2) is 41.0 Å². The molecule has 3 rings (SSSR count). The fourth-order valence-electron chi connectivity index (χ4n) is 4.14. The molecule has 0 aliphatic heterocycles. The molecule has 0 saturated heterocycles. The van der Waals surface area contributed by atoms with E-state index in [-0.39, 0.29) is 16.4 Å². The van der Waals surface area contributed by atoms with Crippen LogP contribution in [0, 0.1) is 6.92 Å². The van der Waals surface area contributed by atoms with Gasteiger partial charge in [-0.25, -0.2) is 4.79 Å². The van der Waals surface area contributed by atoms with E-state index in [9.17, 15) is 9.90 Å². The molecule has 1 aromatic heterocycles. The lowest BCUT2D eigenvalue weighted by Crippen LogP contribution is -2.34. The molecule has 148 valence electrons. The number of carboxylic acid groups (broad SMARTS) is 1. The van der Waals surface area contributed by atoms with E-state index in [1.54, 1.807) is 6.08 Å². The molecule has 0 amide bonds. The third kappa shape index (κ3) is 3.71. The van der Waals surface area contributed by atoms with Crippen LogP contribution in [-0.4, -0.2) is 11.1 Å². The summed E-state index contributed by atoms with van der Waals surface area (Å²) in [6.45, 7) is 13.6. The predicted octanol–water partition coefficient (Wildman–Crippen LogP) is 6.75. The number of furan rings is 1. The van der Waals surface area contributed by atoms with Gasteiger partial charge in [0.05, 0.1) is 6.26 Å². The quantitative estimate of drug-likeness (QED) is 0.599. The molecule has 0 fully saturated rings. The molecule has 0 saturated carbocycles. The molecule has 1 aromatic carbocycles. The van der Waals surface area contributed by atoms with Gasteiger partial charge in [0.2, 0.25) is 0 Å². The third-order valence-corrected chi connectivity index (χ3v) is 6.14. The first-order chi connectivity index (χ1) is 13.0. The Morgan fingerprint density at radius 1 is 1.07 bits per heavy atom. The van der Waals surface area contributed by atoms with Gasteiger partial charge in [0.15, 0.2) is 0 Å². The average molecular weight is 379 g/mol. The zero-order chi connectivity index (χ0) is 20.7. The SMILES string of the molecule is CC(=CC=Cc1occc1C(=O)O)c1cc2c(cc1C)C(C)(C)CCC2(C)C. The van der Waals surface area contributed by atoms with Crippen molar-refractivity contribution in [3.63, 3.8) is 0 Å². The third-order valence-electron chi connectivity index (χ3n) is 6.14. The fourth-order valence-corrected chi connectivity index (χ4v) is 4.14. The summed E-state index contributed by atoms with van der Waals surface area (Å²) in [6.07, 6.45) is 9.37. The van der Waals surface area contributed by atoms with Crippen molar-refractivity contribution in [1.82, 2.24) is 0 Å². The molecule has 2 aromatic rings. The van der Waals surface area contributed by atoms with Crippen molar-refractivity contribution >= 4 is 17.6 Å². The lowest BCUT2D eigenvalue weighted by atomic mass is 9.62. The molecule has 1 aliphatic rings. The van der Waals surface area contributed by atoms with E-state index in [1.165, 1.54) is 47.4 Å². The van der Waals surface area contributed by atoms with E-state index in [2.05, 4.69) is 53.7 Å². The largest absolute Gasteiger partial charge is 0.478 e. The number of carboxylic acids is 1. The molecule has 1 N–H and O–H groups in total. The first-order valence-electron chi connectivity index (χ1n) is 9.85. The zero-order valence-corrected chi connectivity index (χ0v) is 17.7. The minimum atomic E-state index is -0.982. The standard InChI is InChI=1S/C25H30O3/c1-16(8-7-9-22-18(23(26)27)10-13-28-22)19-15-21-20(14-17(19)2)24(3,4)11-12-25(21,5)6/h7-10,13-15H,11-12H2,1-6H3,(H,26,27). The van der Waals surface area contributed by atoms with Gasteiger partial charge < -0.3 is 9.52 Å². The van der Waals surface area contributed by atoms with Gasteiger partial charge >= 0.3 is 5.97 Å². The molecule has 0 unspecified atom stereocenters. The maximum Gasteiger partial charge on any atom is 0.339 e. The molecule has 1 heterocycles. The Labute approximate surface area is 167 Å². The summed E-state index contributed by atoms with van der Waals surface area (Å²) in [6, 6.07) is 6.19. The van der Waals surface area contributed by atoms with E-state index in [0.29, 0.717) is 5.76 Å². The second-order valence-corrected chi connectivity index (χ2v) is 9.19. The second kappa shape index (κ2) is 7.12. The van der Waals surface area contributed by atoms with Crippen LogP contribution >= 0.6 is 0 Å². The summed E-state index contributed by atoms with van der Waals surface area (Å²) in [5.74, 6) is -0.619. The molecule has 3 heteroatoms. The van der Waals surface area contributed by atoms with Crippen molar-refractivity contribution in [3.8, 4) is 0 Å². The van der Waals surface area contributed by atoms with Gasteiger partial charge in [-0.1, -0.05) is 52.0 Å². The maximum absolute atomic E-state index is 11.2. The van der Waals surface area contributed by atoms with E-state index in [1.807, 2.05) is 12.2 Å². The van der Waals surface area contributed by atoms with Crippen LogP contribution in [0.5, 0.6) is 0 Å². The van der Waals surface area contributed by atoms with Gasteiger partial charge in [-0.05, 0) is 77.5 Å². The Morgan fingerprint density at radius 2 is 1.68 bits per heavy atom. The first kappa shape index (κ1) is 20.2. The van der Waals surface area contributed by atoms with Crippen LogP contribution in [0.1, 0.15) is 85.8 Å². The highest BCUT2D eigenvalue weighted by Crippen LogP contribution is 2.47. The number of benzene rings is 1. The van der Waals surface area contributed by atoms with Crippen molar-refractivity contribution in [2.75, 3.05) is 0 Å². The van der Waals surface area contributed by atoms with Gasteiger partial charge in [-0.3, -0.25) is 0 Å². The molecule has 0 atom stereocenters. The van der Waals surface area contributed by atoms with Crippen molar-refractivity contribution < 1.29 is 14.3 Å². The number of aromatic carboxylic acids is 1. The van der Waals surface area contributed by atoms with Gasteiger partial charge in [0.25, 0.3) is 0 Å². The smallest absolute Gasteiger partial charge is 0.339 e. The molecule has 0 spiro atoms. The molecule has 28 heavy (non-hydrogen) atoms. The van der Waals surface area contributed by atoms with E-state index in [4.69, 9.17) is 4.42 Å². The second-order valence-electron chi connectivity index (χ2n) is 9.19. The summed E-state index contributed by atoms with van der Waals surface area (Å²) in [4.78, 5) is 11.2. The highest BCUT2D eigenvalue weighted by molar-refractivity contribution is 5.91. The highest BCUT2D eigenvalue weighted by Gasteiger charge is 2.37. The summed E-state index contributed by atoms with van der Waals surface area (Å²) in [5.41, 5.74) is 7.14. The summed E-state index contributed by atoms with van der Waals surface area (Å²) in [5, 5.41) is 9.17. The molecular weight excluding hydrogens is 348 g/mol. The minimum absolute atomic E-state index is 0.175. The number of fused-ring (bicyclic) bond motifs is 1. The predicted molar refractivity (Wildman–Crippen MR) is 115 cm³/mol. The Kier molecular flexibility index (Phi) is 5.14. The van der Waals surface area contributed by atoms with Crippen molar-refractivity contribution in [2.45, 2.75) is 65.2 Å². The lowest BCUT2D eigenvalue weighted by molar-refractivity contribution is 0.0696. The molecule has 0 radical (unpaired) electrons. The Balaban J connectivity index is 1.97. The van der Waals surface area contributed by atoms with E-state index in [0.717, 1.165) is 5.57 Å².